The molecule has 0 aliphatic carbocycles. The first-order valence-electron chi connectivity index (χ1n) is 7.49. The highest BCUT2D eigenvalue weighted by Crippen LogP contribution is 2.19. The number of nitrogens with one attached hydrogen (secondary N) is 2. The predicted octanol–water partition coefficient (Wildman–Crippen LogP) is 1.75. The van der Waals surface area contributed by atoms with Gasteiger partial charge < -0.3 is 10.6 Å². The molecule has 1 aliphatic heterocycles. The maximum Gasteiger partial charge on any atom is 0.241 e. The monoisotopic (exact) mass is 287 g/mol. The van der Waals surface area contributed by atoms with Gasteiger partial charge in [0.1, 0.15) is 0 Å². The number of aromatic nitrogens is 3. The van der Waals surface area contributed by atoms with E-state index in [0.717, 1.165) is 48.2 Å². The van der Waals surface area contributed by atoms with Crippen molar-refractivity contribution in [3.05, 3.63) is 18.0 Å². The van der Waals surface area contributed by atoms with Crippen molar-refractivity contribution < 1.29 is 4.79 Å². The quantitative estimate of drug-likeness (QED) is 0.882. The molecule has 2 aromatic rings. The van der Waals surface area contributed by atoms with Gasteiger partial charge in [-0.25, -0.2) is 4.98 Å². The van der Waals surface area contributed by atoms with Gasteiger partial charge in [-0.1, -0.05) is 12.8 Å². The second-order valence-electron chi connectivity index (χ2n) is 5.65. The van der Waals surface area contributed by atoms with Gasteiger partial charge in [-0.15, -0.1) is 0 Å². The Balaban J connectivity index is 1.77. The molecule has 1 saturated heterocycles. The highest BCUT2D eigenvalue weighted by Gasteiger charge is 2.20. The van der Waals surface area contributed by atoms with Crippen LogP contribution in [0.4, 0.5) is 5.69 Å². The lowest BCUT2D eigenvalue weighted by atomic mass is 10.1. The van der Waals surface area contributed by atoms with Crippen LogP contribution in [0.3, 0.4) is 0 Å². The minimum absolute atomic E-state index is 0.0274. The molecule has 21 heavy (non-hydrogen) atoms. The van der Waals surface area contributed by atoms with Crippen LogP contribution in [0.15, 0.2) is 12.3 Å². The number of amides is 1. The molecule has 1 unspecified atom stereocenters. The molecule has 1 fully saturated rings. The molecule has 0 saturated carbocycles. The minimum Gasteiger partial charge on any atom is -0.323 e. The Labute approximate surface area is 123 Å². The largest absolute Gasteiger partial charge is 0.323 e. The zero-order valence-electron chi connectivity index (χ0n) is 12.5. The maximum absolute atomic E-state index is 12.3. The number of hydrogen-bond acceptors (Lipinski definition) is 4. The van der Waals surface area contributed by atoms with Crippen LogP contribution in [0, 0.1) is 6.92 Å². The van der Waals surface area contributed by atoms with E-state index in [4.69, 9.17) is 0 Å². The van der Waals surface area contributed by atoms with Gasteiger partial charge in [0.25, 0.3) is 0 Å². The SMILES string of the molecule is Cc1nn(C)c2ncc(NC(=O)C3CCCCCN3)cc12. The number of carbonyl (C=O) groups is 1. The molecule has 1 aliphatic rings. The lowest BCUT2D eigenvalue weighted by Gasteiger charge is -2.15. The van der Waals surface area contributed by atoms with E-state index in [1.807, 2.05) is 20.0 Å². The van der Waals surface area contributed by atoms with Crippen LogP contribution in [0.25, 0.3) is 11.0 Å². The van der Waals surface area contributed by atoms with Crippen LogP contribution in [-0.4, -0.2) is 33.3 Å². The Hall–Kier alpha value is -1.95. The Kier molecular flexibility index (Phi) is 3.88. The summed E-state index contributed by atoms with van der Waals surface area (Å²) in [6.45, 7) is 2.86. The van der Waals surface area contributed by atoms with Crippen molar-refractivity contribution >= 4 is 22.6 Å². The van der Waals surface area contributed by atoms with E-state index in [2.05, 4.69) is 20.7 Å². The van der Waals surface area contributed by atoms with Gasteiger partial charge in [0, 0.05) is 12.4 Å². The highest BCUT2D eigenvalue weighted by molar-refractivity contribution is 5.96. The molecule has 2 aromatic heterocycles. The second-order valence-corrected chi connectivity index (χ2v) is 5.65. The van der Waals surface area contributed by atoms with Gasteiger partial charge in [-0.2, -0.15) is 5.10 Å². The van der Waals surface area contributed by atoms with Gasteiger partial charge in [0.05, 0.1) is 23.6 Å². The van der Waals surface area contributed by atoms with Gasteiger partial charge in [0.15, 0.2) is 5.65 Å². The number of nitrogens with zero attached hydrogens (tertiary/aromatic N) is 3. The number of anilines is 1. The molecule has 0 radical (unpaired) electrons. The first-order chi connectivity index (χ1) is 10.1. The van der Waals surface area contributed by atoms with E-state index < -0.39 is 0 Å². The van der Waals surface area contributed by atoms with Crippen molar-refractivity contribution in [2.45, 2.75) is 38.6 Å². The normalized spacial score (nSPS) is 19.4. The van der Waals surface area contributed by atoms with Gasteiger partial charge in [0.2, 0.25) is 5.91 Å². The third-order valence-electron chi connectivity index (χ3n) is 4.01. The van der Waals surface area contributed by atoms with E-state index in [1.165, 1.54) is 6.42 Å². The molecule has 0 aromatic carbocycles. The Morgan fingerprint density at radius 1 is 1.43 bits per heavy atom. The van der Waals surface area contributed by atoms with Crippen molar-refractivity contribution in [3.63, 3.8) is 0 Å². The number of hydrogen-bond donors (Lipinski definition) is 2. The predicted molar refractivity (Wildman–Crippen MR) is 82.1 cm³/mol. The molecule has 3 heterocycles. The smallest absolute Gasteiger partial charge is 0.241 e. The number of aryl methyl sites for hydroxylation is 2. The number of rotatable bonds is 2. The average molecular weight is 287 g/mol. The summed E-state index contributed by atoms with van der Waals surface area (Å²) in [6, 6.07) is 1.84. The van der Waals surface area contributed by atoms with E-state index >= 15 is 0 Å². The fourth-order valence-corrected chi connectivity index (χ4v) is 2.86. The molecular weight excluding hydrogens is 266 g/mol. The summed E-state index contributed by atoms with van der Waals surface area (Å²) in [5.74, 6) is 0.0274. The number of fused-ring (bicyclic) bond motifs is 1. The molecule has 112 valence electrons. The van der Waals surface area contributed by atoms with Crippen LogP contribution < -0.4 is 10.6 Å². The third-order valence-corrected chi connectivity index (χ3v) is 4.01. The van der Waals surface area contributed by atoms with Gasteiger partial charge in [-0.3, -0.25) is 9.48 Å². The fraction of sp³-hybridized carbons (Fsp3) is 0.533. The van der Waals surface area contributed by atoms with Crippen molar-refractivity contribution in [1.82, 2.24) is 20.1 Å². The molecule has 3 rings (SSSR count). The lowest BCUT2D eigenvalue weighted by Crippen LogP contribution is -2.39. The van der Waals surface area contributed by atoms with Crippen LogP contribution in [0.2, 0.25) is 0 Å². The molecule has 2 N–H and O–H groups in total. The Morgan fingerprint density at radius 2 is 2.29 bits per heavy atom. The van der Waals surface area contributed by atoms with E-state index in [1.54, 1.807) is 10.9 Å². The third kappa shape index (κ3) is 2.90. The average Bonchev–Trinajstić information content (AvgIpc) is 2.68. The van der Waals surface area contributed by atoms with Crippen molar-refractivity contribution in [3.8, 4) is 0 Å². The zero-order valence-corrected chi connectivity index (χ0v) is 12.5. The van der Waals surface area contributed by atoms with E-state index in [-0.39, 0.29) is 11.9 Å². The van der Waals surface area contributed by atoms with E-state index in [9.17, 15) is 4.79 Å². The van der Waals surface area contributed by atoms with Crippen molar-refractivity contribution in [2.24, 2.45) is 7.05 Å². The Morgan fingerprint density at radius 3 is 3.14 bits per heavy atom. The molecule has 6 nitrogen and oxygen atoms in total. The van der Waals surface area contributed by atoms with Crippen LogP contribution in [0.5, 0.6) is 0 Å². The first kappa shape index (κ1) is 14.0. The maximum atomic E-state index is 12.3. The summed E-state index contributed by atoms with van der Waals surface area (Å²) in [5, 5.41) is 11.6. The molecule has 0 spiro atoms. The number of carbonyl (C=O) groups excluding carboxylic acids is 1. The molecule has 0 bridgehead atoms. The second kappa shape index (κ2) is 5.81. The van der Waals surface area contributed by atoms with Crippen molar-refractivity contribution in [2.75, 3.05) is 11.9 Å². The van der Waals surface area contributed by atoms with Crippen LogP contribution in [0.1, 0.15) is 31.4 Å². The number of pyridine rings is 1. The molecular formula is C15H21N5O. The van der Waals surface area contributed by atoms with Gasteiger partial charge in [-0.05, 0) is 32.4 Å². The summed E-state index contributed by atoms with van der Waals surface area (Å²) in [4.78, 5) is 16.7. The summed E-state index contributed by atoms with van der Waals surface area (Å²) in [5.41, 5.74) is 2.48. The van der Waals surface area contributed by atoms with E-state index in [0.29, 0.717) is 0 Å². The standard InChI is InChI=1S/C15H21N5O/c1-10-12-8-11(9-17-14(12)20(2)19-10)18-15(21)13-6-4-3-5-7-16-13/h8-9,13,16H,3-7H2,1-2H3,(H,18,21). The minimum atomic E-state index is -0.0989. The molecule has 1 atom stereocenters. The summed E-state index contributed by atoms with van der Waals surface area (Å²) >= 11 is 0. The summed E-state index contributed by atoms with van der Waals surface area (Å²) in [6.07, 6.45) is 6.03. The summed E-state index contributed by atoms with van der Waals surface area (Å²) < 4.78 is 1.75. The fourth-order valence-electron chi connectivity index (χ4n) is 2.86. The first-order valence-corrected chi connectivity index (χ1v) is 7.49. The topological polar surface area (TPSA) is 71.8 Å². The van der Waals surface area contributed by atoms with Gasteiger partial charge >= 0.3 is 0 Å². The van der Waals surface area contributed by atoms with Crippen LogP contribution in [-0.2, 0) is 11.8 Å². The highest BCUT2D eigenvalue weighted by atomic mass is 16.2. The molecule has 6 heteroatoms. The van der Waals surface area contributed by atoms with Crippen LogP contribution >= 0.6 is 0 Å². The summed E-state index contributed by atoms with van der Waals surface area (Å²) in [7, 11) is 1.87. The lowest BCUT2D eigenvalue weighted by molar-refractivity contribution is -0.118. The molecule has 1 amide bonds. The Bertz CT molecular complexity index is 655. The van der Waals surface area contributed by atoms with Crippen molar-refractivity contribution in [1.29, 1.82) is 0 Å². The zero-order chi connectivity index (χ0) is 14.8.